The first-order valence-corrected chi connectivity index (χ1v) is 7.00. The number of benzene rings is 1. The van der Waals surface area contributed by atoms with Gasteiger partial charge in [0, 0.05) is 12.1 Å². The van der Waals surface area contributed by atoms with Crippen LogP contribution in [-0.4, -0.2) is 10.9 Å². The predicted octanol–water partition coefficient (Wildman–Crippen LogP) is 2.67. The molecule has 0 atom stereocenters. The van der Waals surface area contributed by atoms with Crippen LogP contribution in [0.3, 0.4) is 0 Å². The number of carbonyl (C=O) groups is 1. The van der Waals surface area contributed by atoms with E-state index in [1.54, 1.807) is 12.1 Å². The lowest BCUT2D eigenvalue weighted by Crippen LogP contribution is -2.26. The first-order chi connectivity index (χ1) is 10.6. The van der Waals surface area contributed by atoms with Crippen molar-refractivity contribution >= 4 is 16.8 Å². The molecule has 0 spiro atoms. The summed E-state index contributed by atoms with van der Waals surface area (Å²) in [5.41, 5.74) is 3.34. The molecule has 0 saturated carbocycles. The summed E-state index contributed by atoms with van der Waals surface area (Å²) in [6, 6.07) is 9.00. The Balaban J connectivity index is 1.88. The van der Waals surface area contributed by atoms with Gasteiger partial charge in [-0.2, -0.15) is 0 Å². The number of aromatic amines is 1. The Morgan fingerprint density at radius 2 is 2.09 bits per heavy atom. The average molecular weight is 296 g/mol. The molecule has 5 heteroatoms. The summed E-state index contributed by atoms with van der Waals surface area (Å²) in [5, 5.41) is 3.63. The smallest absolute Gasteiger partial charge is 0.287 e. The highest BCUT2D eigenvalue weighted by molar-refractivity contribution is 5.91. The van der Waals surface area contributed by atoms with E-state index in [0.29, 0.717) is 5.56 Å². The topological polar surface area (TPSA) is 75.1 Å². The van der Waals surface area contributed by atoms with Gasteiger partial charge in [-0.25, -0.2) is 0 Å². The van der Waals surface area contributed by atoms with Crippen LogP contribution in [0.25, 0.3) is 10.9 Å². The number of nitrogens with one attached hydrogen (secondary N) is 2. The molecule has 0 aliphatic rings. The summed E-state index contributed by atoms with van der Waals surface area (Å²) >= 11 is 0. The zero-order chi connectivity index (χ0) is 15.7. The summed E-state index contributed by atoms with van der Waals surface area (Å²) < 4.78 is 5.02. The van der Waals surface area contributed by atoms with E-state index < -0.39 is 0 Å². The number of H-pyrrole nitrogens is 1. The second-order valence-corrected chi connectivity index (χ2v) is 5.26. The molecule has 22 heavy (non-hydrogen) atoms. The summed E-state index contributed by atoms with van der Waals surface area (Å²) in [5.74, 6) is -0.117. The van der Waals surface area contributed by atoms with Crippen LogP contribution in [0.15, 0.2) is 45.8 Å². The van der Waals surface area contributed by atoms with Crippen LogP contribution < -0.4 is 10.9 Å². The lowest BCUT2D eigenvalue weighted by molar-refractivity contribution is 0.0923. The van der Waals surface area contributed by atoms with Crippen LogP contribution in [0.2, 0.25) is 0 Å². The van der Waals surface area contributed by atoms with Gasteiger partial charge in [0.25, 0.3) is 11.5 Å². The van der Waals surface area contributed by atoms with Gasteiger partial charge in [-0.1, -0.05) is 12.1 Å². The highest BCUT2D eigenvalue weighted by atomic mass is 16.3. The maximum absolute atomic E-state index is 12.2. The number of hydrogen-bond acceptors (Lipinski definition) is 3. The first kappa shape index (κ1) is 14.1. The van der Waals surface area contributed by atoms with E-state index in [2.05, 4.69) is 10.3 Å². The van der Waals surface area contributed by atoms with Crippen LogP contribution in [0.5, 0.6) is 0 Å². The van der Waals surface area contributed by atoms with Crippen molar-refractivity contribution in [1.82, 2.24) is 10.3 Å². The number of carbonyl (C=O) groups excluding carboxylic acids is 1. The molecule has 1 amide bonds. The number of fused-ring (bicyclic) bond motifs is 1. The molecule has 2 heterocycles. The van der Waals surface area contributed by atoms with E-state index in [0.717, 1.165) is 22.0 Å². The van der Waals surface area contributed by atoms with Gasteiger partial charge >= 0.3 is 0 Å². The summed E-state index contributed by atoms with van der Waals surface area (Å²) in [6.45, 7) is 4.13. The molecule has 3 rings (SSSR count). The minimum atomic E-state index is -0.343. The van der Waals surface area contributed by atoms with Crippen LogP contribution >= 0.6 is 0 Å². The minimum Gasteiger partial charge on any atom is -0.459 e. The number of amides is 1. The Hall–Kier alpha value is -2.82. The van der Waals surface area contributed by atoms with E-state index in [-0.39, 0.29) is 23.8 Å². The SMILES string of the molecule is Cc1ccc2cc(CNC(=O)c3ccco3)c(=O)[nH]c2c1C. The molecule has 112 valence electrons. The van der Waals surface area contributed by atoms with E-state index in [9.17, 15) is 9.59 Å². The molecular weight excluding hydrogens is 280 g/mol. The highest BCUT2D eigenvalue weighted by Crippen LogP contribution is 2.18. The van der Waals surface area contributed by atoms with Crippen molar-refractivity contribution in [3.05, 3.63) is 69.4 Å². The maximum atomic E-state index is 12.2. The maximum Gasteiger partial charge on any atom is 0.287 e. The monoisotopic (exact) mass is 296 g/mol. The fourth-order valence-corrected chi connectivity index (χ4v) is 2.37. The zero-order valence-corrected chi connectivity index (χ0v) is 12.4. The molecular formula is C17H16N2O3. The molecule has 2 aromatic heterocycles. The third-order valence-electron chi connectivity index (χ3n) is 3.81. The van der Waals surface area contributed by atoms with Crippen molar-refractivity contribution in [2.24, 2.45) is 0 Å². The molecule has 0 fully saturated rings. The molecule has 2 N–H and O–H groups in total. The Labute approximate surface area is 127 Å². The van der Waals surface area contributed by atoms with E-state index in [1.807, 2.05) is 32.0 Å². The van der Waals surface area contributed by atoms with Gasteiger partial charge in [0.1, 0.15) is 0 Å². The van der Waals surface area contributed by atoms with E-state index in [1.165, 1.54) is 6.26 Å². The van der Waals surface area contributed by atoms with Crippen LogP contribution in [0, 0.1) is 13.8 Å². The highest BCUT2D eigenvalue weighted by Gasteiger charge is 2.10. The Morgan fingerprint density at radius 1 is 1.27 bits per heavy atom. The molecule has 0 aliphatic heterocycles. The molecule has 0 bridgehead atoms. The predicted molar refractivity (Wildman–Crippen MR) is 83.9 cm³/mol. The third-order valence-corrected chi connectivity index (χ3v) is 3.81. The molecule has 1 aromatic carbocycles. The quantitative estimate of drug-likeness (QED) is 0.780. The van der Waals surface area contributed by atoms with Crippen LogP contribution in [-0.2, 0) is 6.54 Å². The van der Waals surface area contributed by atoms with Gasteiger partial charge in [0.15, 0.2) is 5.76 Å². The van der Waals surface area contributed by atoms with Gasteiger partial charge in [0.05, 0.1) is 11.8 Å². The van der Waals surface area contributed by atoms with Gasteiger partial charge in [-0.05, 0) is 48.6 Å². The Bertz CT molecular complexity index is 892. The molecule has 0 radical (unpaired) electrons. The summed E-state index contributed by atoms with van der Waals surface area (Å²) in [7, 11) is 0. The normalized spacial score (nSPS) is 10.8. The van der Waals surface area contributed by atoms with Crippen LogP contribution in [0.4, 0.5) is 0 Å². The zero-order valence-electron chi connectivity index (χ0n) is 12.4. The number of hydrogen-bond donors (Lipinski definition) is 2. The summed E-state index contributed by atoms with van der Waals surface area (Å²) in [4.78, 5) is 26.9. The van der Waals surface area contributed by atoms with E-state index >= 15 is 0 Å². The standard InChI is InChI=1S/C17H16N2O3/c1-10-5-6-12-8-13(16(20)19-15(12)11(10)2)9-18-17(21)14-4-3-7-22-14/h3-8H,9H2,1-2H3,(H,18,21)(H,19,20). The fourth-order valence-electron chi connectivity index (χ4n) is 2.37. The number of rotatable bonds is 3. The molecule has 5 nitrogen and oxygen atoms in total. The third kappa shape index (κ3) is 2.53. The molecule has 0 aliphatic carbocycles. The second kappa shape index (κ2) is 5.52. The van der Waals surface area contributed by atoms with Gasteiger partial charge < -0.3 is 14.7 Å². The summed E-state index contributed by atoms with van der Waals surface area (Å²) in [6.07, 6.45) is 1.43. The number of furan rings is 1. The molecule has 3 aromatic rings. The molecule has 0 saturated heterocycles. The van der Waals surface area contributed by atoms with Gasteiger partial charge in [-0.3, -0.25) is 9.59 Å². The van der Waals surface area contributed by atoms with Crippen molar-refractivity contribution in [1.29, 1.82) is 0 Å². The largest absolute Gasteiger partial charge is 0.459 e. The van der Waals surface area contributed by atoms with Crippen LogP contribution in [0.1, 0.15) is 27.2 Å². The van der Waals surface area contributed by atoms with Crippen molar-refractivity contribution in [2.75, 3.05) is 0 Å². The average Bonchev–Trinajstić information content (AvgIpc) is 3.04. The lowest BCUT2D eigenvalue weighted by Gasteiger charge is -2.08. The Kier molecular flexibility index (Phi) is 3.55. The Morgan fingerprint density at radius 3 is 2.82 bits per heavy atom. The fraction of sp³-hybridized carbons (Fsp3) is 0.176. The minimum absolute atomic E-state index is 0.151. The van der Waals surface area contributed by atoms with Crippen molar-refractivity contribution in [3.63, 3.8) is 0 Å². The van der Waals surface area contributed by atoms with Crippen molar-refractivity contribution < 1.29 is 9.21 Å². The van der Waals surface area contributed by atoms with E-state index in [4.69, 9.17) is 4.42 Å². The van der Waals surface area contributed by atoms with Crippen molar-refractivity contribution in [3.8, 4) is 0 Å². The molecule has 0 unspecified atom stereocenters. The van der Waals surface area contributed by atoms with Gasteiger partial charge in [-0.15, -0.1) is 0 Å². The van der Waals surface area contributed by atoms with Gasteiger partial charge in [0.2, 0.25) is 0 Å². The second-order valence-electron chi connectivity index (χ2n) is 5.26. The number of aromatic nitrogens is 1. The lowest BCUT2D eigenvalue weighted by atomic mass is 10.0. The first-order valence-electron chi connectivity index (χ1n) is 7.00. The van der Waals surface area contributed by atoms with Crippen molar-refractivity contribution in [2.45, 2.75) is 20.4 Å². The number of pyridine rings is 1. The number of aryl methyl sites for hydroxylation is 2.